The van der Waals surface area contributed by atoms with Gasteiger partial charge >= 0.3 is 5.97 Å². The summed E-state index contributed by atoms with van der Waals surface area (Å²) >= 11 is 1.24. The average Bonchev–Trinajstić information content (AvgIpc) is 2.98. The molecule has 1 aromatic carbocycles. The van der Waals surface area contributed by atoms with Crippen LogP contribution in [-0.2, 0) is 11.2 Å². The van der Waals surface area contributed by atoms with E-state index >= 15 is 0 Å². The average molecular weight is 351 g/mol. The number of thioether (sulfide) groups is 1. The molecule has 0 aliphatic carbocycles. The van der Waals surface area contributed by atoms with E-state index in [0.29, 0.717) is 30.0 Å². The van der Waals surface area contributed by atoms with E-state index < -0.39 is 5.97 Å². The second kappa shape index (κ2) is 8.49. The number of nitrogens with zero attached hydrogens (tertiary/aromatic N) is 2. The highest BCUT2D eigenvalue weighted by molar-refractivity contribution is 7.99. The Morgan fingerprint density at radius 2 is 2.04 bits per heavy atom. The summed E-state index contributed by atoms with van der Waals surface area (Å²) in [6.45, 7) is 2.29. The highest BCUT2D eigenvalue weighted by Gasteiger charge is 2.16. The molecule has 0 atom stereocenters. The van der Waals surface area contributed by atoms with E-state index in [1.807, 2.05) is 6.92 Å². The normalized spacial score (nSPS) is 10.6. The van der Waals surface area contributed by atoms with Crippen LogP contribution >= 0.6 is 11.8 Å². The smallest absolute Gasteiger partial charge is 0.313 e. The number of amides is 1. The molecule has 1 amide bonds. The van der Waals surface area contributed by atoms with Gasteiger partial charge in [-0.2, -0.15) is 5.10 Å². The molecule has 0 aliphatic rings. The highest BCUT2D eigenvalue weighted by atomic mass is 32.2. The molecule has 6 nitrogen and oxygen atoms in total. The van der Waals surface area contributed by atoms with Crippen molar-refractivity contribution < 1.29 is 19.1 Å². The van der Waals surface area contributed by atoms with Crippen molar-refractivity contribution in [1.82, 2.24) is 15.1 Å². The van der Waals surface area contributed by atoms with Crippen LogP contribution in [0.4, 0.5) is 4.39 Å². The zero-order valence-corrected chi connectivity index (χ0v) is 14.0. The fourth-order valence-electron chi connectivity index (χ4n) is 2.20. The number of carboxylic acid groups (broad SMARTS) is 1. The molecule has 2 aromatic rings. The van der Waals surface area contributed by atoms with E-state index in [9.17, 15) is 14.0 Å². The van der Waals surface area contributed by atoms with Crippen LogP contribution in [0.15, 0.2) is 30.5 Å². The minimum atomic E-state index is -0.875. The molecular formula is C16H18FN3O3S. The number of hydrogen-bond acceptors (Lipinski definition) is 4. The van der Waals surface area contributed by atoms with Crippen molar-refractivity contribution in [3.05, 3.63) is 47.5 Å². The Balaban J connectivity index is 2.04. The zero-order valence-electron chi connectivity index (χ0n) is 13.2. The molecule has 0 saturated heterocycles. The number of carbonyl (C=O) groups excluding carboxylic acids is 1. The SMILES string of the molecule is CCc1c(C(=O)NCCSCC(=O)O)cnn1-c1ccc(F)cc1. The summed E-state index contributed by atoms with van der Waals surface area (Å²) in [5, 5.41) is 15.5. The molecule has 0 bridgehead atoms. The second-order valence-corrected chi connectivity index (χ2v) is 6.05. The number of halogens is 1. The van der Waals surface area contributed by atoms with Gasteiger partial charge in [-0.3, -0.25) is 9.59 Å². The molecule has 24 heavy (non-hydrogen) atoms. The van der Waals surface area contributed by atoms with E-state index in [1.165, 1.54) is 30.1 Å². The van der Waals surface area contributed by atoms with Gasteiger partial charge in [-0.05, 0) is 30.7 Å². The van der Waals surface area contributed by atoms with Gasteiger partial charge in [0.1, 0.15) is 5.82 Å². The molecular weight excluding hydrogens is 333 g/mol. The number of rotatable bonds is 8. The van der Waals surface area contributed by atoms with E-state index in [0.717, 1.165) is 5.69 Å². The molecule has 128 valence electrons. The lowest BCUT2D eigenvalue weighted by Gasteiger charge is -2.08. The molecule has 2 rings (SSSR count). The van der Waals surface area contributed by atoms with Crippen molar-refractivity contribution >= 4 is 23.6 Å². The molecule has 0 saturated carbocycles. The fourth-order valence-corrected chi connectivity index (χ4v) is 2.77. The summed E-state index contributed by atoms with van der Waals surface area (Å²) in [6, 6.07) is 5.89. The Labute approximate surface area is 143 Å². The Hall–Kier alpha value is -2.35. The van der Waals surface area contributed by atoms with Crippen LogP contribution in [0.25, 0.3) is 5.69 Å². The standard InChI is InChI=1S/C16H18FN3O3S/c1-2-14-13(16(23)18-7-8-24-10-15(21)22)9-19-20(14)12-5-3-11(17)4-6-12/h3-6,9H,2,7-8,10H2,1H3,(H,18,23)(H,21,22). The summed E-state index contributed by atoms with van der Waals surface area (Å²) < 4.78 is 14.7. The number of hydrogen-bond donors (Lipinski definition) is 2. The highest BCUT2D eigenvalue weighted by Crippen LogP contribution is 2.16. The van der Waals surface area contributed by atoms with Gasteiger partial charge in [-0.15, -0.1) is 11.8 Å². The zero-order chi connectivity index (χ0) is 17.5. The molecule has 0 spiro atoms. The van der Waals surface area contributed by atoms with Crippen LogP contribution in [0.1, 0.15) is 23.0 Å². The van der Waals surface area contributed by atoms with Crippen molar-refractivity contribution in [2.24, 2.45) is 0 Å². The van der Waals surface area contributed by atoms with Gasteiger partial charge in [0.05, 0.1) is 28.9 Å². The maximum Gasteiger partial charge on any atom is 0.313 e. The predicted molar refractivity (Wildman–Crippen MR) is 90.2 cm³/mol. The van der Waals surface area contributed by atoms with Crippen molar-refractivity contribution in [3.8, 4) is 5.69 Å². The van der Waals surface area contributed by atoms with Crippen LogP contribution in [0.3, 0.4) is 0 Å². The minimum absolute atomic E-state index is 0.0125. The molecule has 1 heterocycles. The number of aromatic nitrogens is 2. The molecule has 0 radical (unpaired) electrons. The van der Waals surface area contributed by atoms with Gasteiger partial charge in [0.15, 0.2) is 0 Å². The maximum atomic E-state index is 13.0. The predicted octanol–water partition coefficient (Wildman–Crippen LogP) is 2.12. The molecule has 8 heteroatoms. The number of benzene rings is 1. The Morgan fingerprint density at radius 3 is 2.67 bits per heavy atom. The van der Waals surface area contributed by atoms with E-state index in [2.05, 4.69) is 10.4 Å². The van der Waals surface area contributed by atoms with Gasteiger partial charge in [0.2, 0.25) is 0 Å². The Morgan fingerprint density at radius 1 is 1.33 bits per heavy atom. The van der Waals surface area contributed by atoms with Gasteiger partial charge in [0, 0.05) is 12.3 Å². The summed E-state index contributed by atoms with van der Waals surface area (Å²) in [4.78, 5) is 22.7. The Bertz CT molecular complexity index is 716. The Kier molecular flexibility index (Phi) is 6.36. The number of nitrogens with one attached hydrogen (secondary N) is 1. The molecule has 0 fully saturated rings. The minimum Gasteiger partial charge on any atom is -0.481 e. The van der Waals surface area contributed by atoms with E-state index in [1.54, 1.807) is 16.8 Å². The quantitative estimate of drug-likeness (QED) is 0.712. The molecule has 0 unspecified atom stereocenters. The van der Waals surface area contributed by atoms with E-state index in [4.69, 9.17) is 5.11 Å². The summed E-state index contributed by atoms with van der Waals surface area (Å²) in [5.74, 6) is -0.929. The van der Waals surface area contributed by atoms with Crippen LogP contribution in [0.5, 0.6) is 0 Å². The third-order valence-electron chi connectivity index (χ3n) is 3.28. The first-order valence-corrected chi connectivity index (χ1v) is 8.59. The third-order valence-corrected chi connectivity index (χ3v) is 4.22. The van der Waals surface area contributed by atoms with Gasteiger partial charge in [-0.25, -0.2) is 9.07 Å². The largest absolute Gasteiger partial charge is 0.481 e. The van der Waals surface area contributed by atoms with Crippen LogP contribution in [0, 0.1) is 5.82 Å². The summed E-state index contributed by atoms with van der Waals surface area (Å²) in [6.07, 6.45) is 2.08. The van der Waals surface area contributed by atoms with Crippen molar-refractivity contribution in [2.75, 3.05) is 18.1 Å². The maximum absolute atomic E-state index is 13.0. The van der Waals surface area contributed by atoms with Gasteiger partial charge in [-0.1, -0.05) is 6.92 Å². The number of aliphatic carboxylic acids is 1. The van der Waals surface area contributed by atoms with Crippen LogP contribution < -0.4 is 5.32 Å². The summed E-state index contributed by atoms with van der Waals surface area (Å²) in [5.41, 5.74) is 1.88. The second-order valence-electron chi connectivity index (χ2n) is 4.95. The summed E-state index contributed by atoms with van der Waals surface area (Å²) in [7, 11) is 0. The van der Waals surface area contributed by atoms with Gasteiger partial charge < -0.3 is 10.4 Å². The van der Waals surface area contributed by atoms with Crippen LogP contribution in [-0.4, -0.2) is 44.8 Å². The van der Waals surface area contributed by atoms with Crippen molar-refractivity contribution in [2.45, 2.75) is 13.3 Å². The lowest BCUT2D eigenvalue weighted by molar-refractivity contribution is -0.133. The molecule has 1 aromatic heterocycles. The first-order chi connectivity index (χ1) is 11.5. The van der Waals surface area contributed by atoms with Crippen molar-refractivity contribution in [3.63, 3.8) is 0 Å². The first kappa shape index (κ1) is 18.0. The molecule has 2 N–H and O–H groups in total. The monoisotopic (exact) mass is 351 g/mol. The lowest BCUT2D eigenvalue weighted by atomic mass is 10.2. The number of carboxylic acids is 1. The lowest BCUT2D eigenvalue weighted by Crippen LogP contribution is -2.26. The van der Waals surface area contributed by atoms with E-state index in [-0.39, 0.29) is 17.5 Å². The van der Waals surface area contributed by atoms with Gasteiger partial charge in [0.25, 0.3) is 5.91 Å². The fraction of sp³-hybridized carbons (Fsp3) is 0.312. The first-order valence-electron chi connectivity index (χ1n) is 7.43. The topological polar surface area (TPSA) is 84.2 Å². The molecule has 0 aliphatic heterocycles. The van der Waals surface area contributed by atoms with Crippen LogP contribution in [0.2, 0.25) is 0 Å². The van der Waals surface area contributed by atoms with Crippen molar-refractivity contribution in [1.29, 1.82) is 0 Å². The number of carbonyl (C=O) groups is 2. The third kappa shape index (κ3) is 4.58.